The molecule has 0 heterocycles. The molecule has 0 spiro atoms. The van der Waals surface area contributed by atoms with Crippen LogP contribution in [0.4, 0.5) is 8.78 Å². The Kier molecular flexibility index (Phi) is 5.95. The van der Waals surface area contributed by atoms with Crippen LogP contribution >= 0.6 is 27.5 Å². The fourth-order valence-electron chi connectivity index (χ4n) is 1.76. The highest BCUT2D eigenvalue weighted by Crippen LogP contribution is 2.24. The maximum absolute atomic E-state index is 13.7. The van der Waals surface area contributed by atoms with Crippen molar-refractivity contribution in [1.82, 2.24) is 5.32 Å². The lowest BCUT2D eigenvalue weighted by Crippen LogP contribution is -2.44. The lowest BCUT2D eigenvalue weighted by atomic mass is 9.85. The SMILES string of the molecule is CC(C)(C)C(CCBr)NC(=O)c1cc(F)c(Cl)cc1F. The average molecular weight is 369 g/mol. The molecule has 1 N–H and O–H groups in total. The van der Waals surface area contributed by atoms with Crippen molar-refractivity contribution in [3.05, 3.63) is 34.4 Å². The molecule has 0 bridgehead atoms. The molecule has 0 saturated carbocycles. The Morgan fingerprint density at radius 2 is 1.95 bits per heavy atom. The smallest absolute Gasteiger partial charge is 0.254 e. The molecule has 20 heavy (non-hydrogen) atoms. The fraction of sp³-hybridized carbons (Fsp3) is 0.500. The highest BCUT2D eigenvalue weighted by molar-refractivity contribution is 9.09. The van der Waals surface area contributed by atoms with Gasteiger partial charge in [-0.3, -0.25) is 4.79 Å². The highest BCUT2D eigenvalue weighted by atomic mass is 79.9. The van der Waals surface area contributed by atoms with Crippen molar-refractivity contribution >= 4 is 33.4 Å². The quantitative estimate of drug-likeness (QED) is 0.613. The van der Waals surface area contributed by atoms with Crippen LogP contribution < -0.4 is 5.32 Å². The molecule has 1 unspecified atom stereocenters. The summed E-state index contributed by atoms with van der Waals surface area (Å²) in [5, 5.41) is 3.10. The number of nitrogens with one attached hydrogen (secondary N) is 1. The summed E-state index contributed by atoms with van der Waals surface area (Å²) in [5.74, 6) is -2.29. The first-order valence-electron chi connectivity index (χ1n) is 6.18. The maximum atomic E-state index is 13.7. The third kappa shape index (κ3) is 4.42. The van der Waals surface area contributed by atoms with Gasteiger partial charge in [0.15, 0.2) is 0 Å². The van der Waals surface area contributed by atoms with Gasteiger partial charge in [0.05, 0.1) is 10.6 Å². The molecule has 0 fully saturated rings. The van der Waals surface area contributed by atoms with E-state index in [-0.39, 0.29) is 22.0 Å². The van der Waals surface area contributed by atoms with E-state index in [2.05, 4.69) is 21.2 Å². The zero-order valence-corrected chi connectivity index (χ0v) is 13.9. The Balaban J connectivity index is 2.98. The van der Waals surface area contributed by atoms with Crippen LogP contribution in [0.25, 0.3) is 0 Å². The molecule has 0 aliphatic rings. The molecule has 1 aromatic rings. The third-order valence-corrected chi connectivity index (χ3v) is 3.75. The van der Waals surface area contributed by atoms with E-state index in [0.717, 1.165) is 12.1 Å². The van der Waals surface area contributed by atoms with Crippen molar-refractivity contribution in [2.45, 2.75) is 33.2 Å². The summed E-state index contributed by atoms with van der Waals surface area (Å²) in [6.45, 7) is 5.91. The number of amides is 1. The number of hydrogen-bond donors (Lipinski definition) is 1. The standard InChI is InChI=1S/C14H17BrClF2NO/c1-14(2,3)12(4-5-15)19-13(20)8-6-11(18)9(16)7-10(8)17/h6-7,12H,4-5H2,1-3H3,(H,19,20). The highest BCUT2D eigenvalue weighted by Gasteiger charge is 2.27. The van der Waals surface area contributed by atoms with Gasteiger partial charge in [-0.25, -0.2) is 8.78 Å². The van der Waals surface area contributed by atoms with Gasteiger partial charge in [-0.05, 0) is 24.0 Å². The first kappa shape index (κ1) is 17.4. The van der Waals surface area contributed by atoms with Gasteiger partial charge in [0.25, 0.3) is 5.91 Å². The van der Waals surface area contributed by atoms with Crippen LogP contribution in [0.2, 0.25) is 5.02 Å². The molecule has 1 rings (SSSR count). The Hall–Kier alpha value is -0.680. The Morgan fingerprint density at radius 1 is 1.35 bits per heavy atom. The van der Waals surface area contributed by atoms with Gasteiger partial charge in [0.1, 0.15) is 11.6 Å². The average Bonchev–Trinajstić information content (AvgIpc) is 2.32. The lowest BCUT2D eigenvalue weighted by Gasteiger charge is -2.31. The molecular weight excluding hydrogens is 352 g/mol. The Bertz CT molecular complexity index is 503. The van der Waals surface area contributed by atoms with Crippen molar-refractivity contribution < 1.29 is 13.6 Å². The van der Waals surface area contributed by atoms with Crippen LogP contribution in [0.1, 0.15) is 37.6 Å². The van der Waals surface area contributed by atoms with Gasteiger partial charge in [-0.1, -0.05) is 48.3 Å². The van der Waals surface area contributed by atoms with Crippen LogP contribution in [-0.2, 0) is 0 Å². The van der Waals surface area contributed by atoms with E-state index >= 15 is 0 Å². The largest absolute Gasteiger partial charge is 0.349 e. The normalized spacial score (nSPS) is 13.2. The van der Waals surface area contributed by atoms with E-state index in [1.165, 1.54) is 0 Å². The second-order valence-electron chi connectivity index (χ2n) is 5.62. The first-order chi connectivity index (χ1) is 9.16. The minimum absolute atomic E-state index is 0.160. The second-order valence-corrected chi connectivity index (χ2v) is 6.82. The van der Waals surface area contributed by atoms with Gasteiger partial charge in [0, 0.05) is 11.4 Å². The van der Waals surface area contributed by atoms with Gasteiger partial charge >= 0.3 is 0 Å². The van der Waals surface area contributed by atoms with E-state index in [0.29, 0.717) is 11.8 Å². The zero-order valence-electron chi connectivity index (χ0n) is 11.6. The topological polar surface area (TPSA) is 29.1 Å². The minimum atomic E-state index is -0.833. The Labute approximate surface area is 131 Å². The van der Waals surface area contributed by atoms with Gasteiger partial charge in [-0.2, -0.15) is 0 Å². The van der Waals surface area contributed by atoms with Crippen molar-refractivity contribution in [2.75, 3.05) is 5.33 Å². The van der Waals surface area contributed by atoms with Gasteiger partial charge in [0.2, 0.25) is 0 Å². The van der Waals surface area contributed by atoms with E-state index < -0.39 is 17.5 Å². The van der Waals surface area contributed by atoms with Crippen LogP contribution in [0.15, 0.2) is 12.1 Å². The first-order valence-corrected chi connectivity index (χ1v) is 7.68. The van der Waals surface area contributed by atoms with Crippen molar-refractivity contribution in [3.63, 3.8) is 0 Å². The summed E-state index contributed by atoms with van der Waals surface area (Å²) >= 11 is 8.79. The summed E-state index contributed by atoms with van der Waals surface area (Å²) in [6, 6.07) is 1.47. The molecule has 0 aromatic heterocycles. The number of rotatable bonds is 4. The number of alkyl halides is 1. The van der Waals surface area contributed by atoms with Crippen LogP contribution in [0, 0.1) is 17.0 Å². The van der Waals surface area contributed by atoms with Crippen LogP contribution in [0.3, 0.4) is 0 Å². The fourth-order valence-corrected chi connectivity index (χ4v) is 2.37. The number of halogens is 4. The minimum Gasteiger partial charge on any atom is -0.349 e. The molecule has 6 heteroatoms. The number of carbonyl (C=O) groups excluding carboxylic acids is 1. The van der Waals surface area contributed by atoms with E-state index in [9.17, 15) is 13.6 Å². The molecule has 0 saturated heterocycles. The van der Waals surface area contributed by atoms with Gasteiger partial charge in [-0.15, -0.1) is 0 Å². The van der Waals surface area contributed by atoms with E-state index in [1.54, 1.807) is 0 Å². The predicted molar refractivity (Wildman–Crippen MR) is 80.5 cm³/mol. The molecule has 2 nitrogen and oxygen atoms in total. The molecule has 112 valence electrons. The van der Waals surface area contributed by atoms with Crippen LogP contribution in [-0.4, -0.2) is 17.3 Å². The summed E-state index contributed by atoms with van der Waals surface area (Å²) in [7, 11) is 0. The van der Waals surface area contributed by atoms with Crippen molar-refractivity contribution in [3.8, 4) is 0 Å². The summed E-state index contributed by atoms with van der Waals surface area (Å²) in [6.07, 6.45) is 0.687. The predicted octanol–water partition coefficient (Wildman–Crippen LogP) is 4.55. The van der Waals surface area contributed by atoms with Crippen molar-refractivity contribution in [2.24, 2.45) is 5.41 Å². The summed E-state index contributed by atoms with van der Waals surface area (Å²) < 4.78 is 27.0. The number of carbonyl (C=O) groups is 1. The number of benzene rings is 1. The van der Waals surface area contributed by atoms with E-state index in [1.807, 2.05) is 20.8 Å². The van der Waals surface area contributed by atoms with Gasteiger partial charge < -0.3 is 5.32 Å². The zero-order chi connectivity index (χ0) is 15.5. The molecule has 1 aromatic carbocycles. The second kappa shape index (κ2) is 6.85. The molecule has 0 aliphatic carbocycles. The molecule has 1 amide bonds. The number of hydrogen-bond acceptors (Lipinski definition) is 1. The summed E-state index contributed by atoms with van der Waals surface area (Å²) in [4.78, 5) is 12.1. The third-order valence-electron chi connectivity index (χ3n) is 3.00. The van der Waals surface area contributed by atoms with E-state index in [4.69, 9.17) is 11.6 Å². The maximum Gasteiger partial charge on any atom is 0.254 e. The monoisotopic (exact) mass is 367 g/mol. The van der Waals surface area contributed by atoms with Crippen molar-refractivity contribution in [1.29, 1.82) is 0 Å². The lowest BCUT2D eigenvalue weighted by molar-refractivity contribution is 0.0896. The molecule has 0 radical (unpaired) electrons. The molecule has 1 atom stereocenters. The Morgan fingerprint density at radius 3 is 2.45 bits per heavy atom. The summed E-state index contributed by atoms with van der Waals surface area (Å²) in [5.41, 5.74) is -0.527. The molecule has 0 aliphatic heterocycles. The molecular formula is C14H17BrClF2NO. The van der Waals surface area contributed by atoms with Crippen LogP contribution in [0.5, 0.6) is 0 Å².